The summed E-state index contributed by atoms with van der Waals surface area (Å²) in [6.45, 7) is 0.106. The van der Waals surface area contributed by atoms with Gasteiger partial charge in [0.2, 0.25) is 15.9 Å². The Labute approximate surface area is 176 Å². The summed E-state index contributed by atoms with van der Waals surface area (Å²) in [5, 5.41) is 2.77. The largest absolute Gasteiger partial charge is 0.497 e. The average molecular weight is 439 g/mol. The van der Waals surface area contributed by atoms with Gasteiger partial charge in [-0.1, -0.05) is 30.3 Å². The minimum atomic E-state index is -3.71. The Balaban J connectivity index is 1.96. The molecule has 0 fully saturated rings. The summed E-state index contributed by atoms with van der Waals surface area (Å²) in [4.78, 5) is 12.4. The van der Waals surface area contributed by atoms with E-state index >= 15 is 0 Å². The molecule has 0 heterocycles. The first-order valence-electron chi connectivity index (χ1n) is 8.93. The van der Waals surface area contributed by atoms with Crippen molar-refractivity contribution < 1.29 is 22.7 Å². The molecule has 2 aromatic rings. The van der Waals surface area contributed by atoms with Gasteiger partial charge in [-0.15, -0.1) is 0 Å². The lowest BCUT2D eigenvalue weighted by Crippen LogP contribution is -2.41. The molecule has 2 aromatic carbocycles. The molecule has 0 aromatic heterocycles. The molecule has 0 aliphatic rings. The van der Waals surface area contributed by atoms with Crippen LogP contribution in [0.3, 0.4) is 0 Å². The van der Waals surface area contributed by atoms with Crippen LogP contribution in [0, 0.1) is 0 Å². The van der Waals surface area contributed by atoms with Crippen LogP contribution in [0.1, 0.15) is 5.56 Å². The van der Waals surface area contributed by atoms with Gasteiger partial charge in [0, 0.05) is 24.1 Å². The van der Waals surface area contributed by atoms with E-state index in [2.05, 4.69) is 17.4 Å². The number of hydrogen-bond donors (Lipinski definition) is 1. The van der Waals surface area contributed by atoms with Crippen LogP contribution >= 0.6 is 11.8 Å². The Hall–Kier alpha value is -2.39. The lowest BCUT2D eigenvalue weighted by molar-refractivity contribution is -0.119. The lowest BCUT2D eigenvalue weighted by Gasteiger charge is -2.24. The summed E-state index contributed by atoms with van der Waals surface area (Å²) in [7, 11) is -0.788. The highest BCUT2D eigenvalue weighted by Crippen LogP contribution is 2.33. The zero-order chi connectivity index (χ0) is 21.3. The quantitative estimate of drug-likeness (QED) is 0.543. The van der Waals surface area contributed by atoms with E-state index in [1.165, 1.54) is 25.8 Å². The summed E-state index contributed by atoms with van der Waals surface area (Å²) < 4.78 is 36.1. The Morgan fingerprint density at radius 1 is 1.10 bits per heavy atom. The molecule has 0 unspecified atom stereocenters. The highest BCUT2D eigenvalue weighted by Gasteiger charge is 2.24. The smallest absolute Gasteiger partial charge is 0.240 e. The van der Waals surface area contributed by atoms with E-state index in [4.69, 9.17) is 9.47 Å². The zero-order valence-electron chi connectivity index (χ0n) is 16.8. The average Bonchev–Trinajstić information content (AvgIpc) is 2.71. The minimum absolute atomic E-state index is 0.253. The van der Waals surface area contributed by atoms with E-state index in [9.17, 15) is 13.2 Å². The number of carbonyl (C=O) groups excluding carboxylic acids is 1. The number of ether oxygens (including phenoxy) is 2. The topological polar surface area (TPSA) is 84.9 Å². The van der Waals surface area contributed by atoms with Crippen LogP contribution in [0.25, 0.3) is 0 Å². The summed E-state index contributed by atoms with van der Waals surface area (Å²) in [6.07, 6.45) is 1.05. The Morgan fingerprint density at radius 2 is 1.83 bits per heavy atom. The Bertz CT molecular complexity index is 904. The molecular weight excluding hydrogens is 412 g/mol. The van der Waals surface area contributed by atoms with Crippen LogP contribution in [-0.2, 0) is 20.6 Å². The van der Waals surface area contributed by atoms with Gasteiger partial charge in [0.15, 0.2) is 0 Å². The van der Waals surface area contributed by atoms with Crippen molar-refractivity contribution in [2.75, 3.05) is 43.6 Å². The molecule has 0 atom stereocenters. The van der Waals surface area contributed by atoms with E-state index < -0.39 is 10.0 Å². The molecule has 0 radical (unpaired) electrons. The second-order valence-corrected chi connectivity index (χ2v) is 9.21. The van der Waals surface area contributed by atoms with Crippen molar-refractivity contribution in [1.82, 2.24) is 5.32 Å². The van der Waals surface area contributed by atoms with Crippen LogP contribution in [0.2, 0.25) is 0 Å². The fraction of sp³-hybridized carbons (Fsp3) is 0.350. The molecule has 9 heteroatoms. The molecule has 0 aliphatic carbocycles. The molecule has 29 heavy (non-hydrogen) atoms. The van der Waals surface area contributed by atoms with Gasteiger partial charge in [-0.25, -0.2) is 8.42 Å². The number of amides is 1. The van der Waals surface area contributed by atoms with Gasteiger partial charge in [0.25, 0.3) is 0 Å². The first-order chi connectivity index (χ1) is 13.8. The number of nitrogens with one attached hydrogen (secondary N) is 1. The number of hydrogen-bond acceptors (Lipinski definition) is 6. The molecule has 0 aliphatic heterocycles. The zero-order valence-corrected chi connectivity index (χ0v) is 18.4. The van der Waals surface area contributed by atoms with Crippen LogP contribution < -0.4 is 19.1 Å². The maximum Gasteiger partial charge on any atom is 0.240 e. The van der Waals surface area contributed by atoms with Crippen molar-refractivity contribution in [3.63, 3.8) is 0 Å². The Morgan fingerprint density at radius 3 is 2.45 bits per heavy atom. The highest BCUT2D eigenvalue weighted by atomic mass is 32.2. The van der Waals surface area contributed by atoms with Crippen molar-refractivity contribution in [3.8, 4) is 11.5 Å². The van der Waals surface area contributed by atoms with Crippen LogP contribution in [0.5, 0.6) is 11.5 Å². The molecule has 1 amide bonds. The number of thioether (sulfide) groups is 1. The number of methoxy groups -OCH3 is 2. The summed E-state index contributed by atoms with van der Waals surface area (Å²) in [6, 6.07) is 14.8. The summed E-state index contributed by atoms with van der Waals surface area (Å²) >= 11 is 1.70. The third-order valence-electron chi connectivity index (χ3n) is 4.02. The van der Waals surface area contributed by atoms with Crippen LogP contribution in [0.15, 0.2) is 48.5 Å². The molecule has 1 N–H and O–H groups in total. The van der Waals surface area contributed by atoms with Gasteiger partial charge in [0.05, 0.1) is 26.2 Å². The number of nitrogens with zero attached hydrogens (tertiary/aromatic N) is 1. The first-order valence-corrected chi connectivity index (χ1v) is 11.9. The van der Waals surface area contributed by atoms with Gasteiger partial charge < -0.3 is 14.8 Å². The van der Waals surface area contributed by atoms with Crippen molar-refractivity contribution >= 4 is 33.4 Å². The Kier molecular flexibility index (Phi) is 8.66. The molecule has 0 spiro atoms. The molecule has 0 saturated carbocycles. The minimum Gasteiger partial charge on any atom is -0.497 e. The number of anilines is 1. The molecule has 158 valence electrons. The second kappa shape index (κ2) is 11.0. The normalized spacial score (nSPS) is 11.0. The van der Waals surface area contributed by atoms with E-state index in [1.54, 1.807) is 23.9 Å². The van der Waals surface area contributed by atoms with Gasteiger partial charge >= 0.3 is 0 Å². The predicted octanol–water partition coefficient (Wildman–Crippen LogP) is 2.52. The molecular formula is C20H26N2O5S2. The molecule has 0 saturated heterocycles. The number of sulfonamides is 1. The summed E-state index contributed by atoms with van der Waals surface area (Å²) in [5.41, 5.74) is 1.47. The van der Waals surface area contributed by atoms with Crippen molar-refractivity contribution in [1.29, 1.82) is 0 Å². The maximum absolute atomic E-state index is 12.4. The molecule has 0 bridgehead atoms. The van der Waals surface area contributed by atoms with Crippen LogP contribution in [0.4, 0.5) is 5.69 Å². The highest BCUT2D eigenvalue weighted by molar-refractivity contribution is 7.98. The molecule has 2 rings (SSSR count). The van der Waals surface area contributed by atoms with Crippen molar-refractivity contribution in [3.05, 3.63) is 54.1 Å². The predicted molar refractivity (Wildman–Crippen MR) is 117 cm³/mol. The lowest BCUT2D eigenvalue weighted by atomic mass is 10.2. The van der Waals surface area contributed by atoms with Gasteiger partial charge in [-0.05, 0) is 17.7 Å². The fourth-order valence-corrected chi connectivity index (χ4v) is 4.26. The van der Waals surface area contributed by atoms with Crippen LogP contribution in [-0.4, -0.2) is 53.6 Å². The summed E-state index contributed by atoms with van der Waals surface area (Å²) in [5.74, 6) is 1.99. The SMILES string of the molecule is COc1ccc(OC)c(N(CC(=O)NCCSCc2ccccc2)S(C)(=O)=O)c1. The fourth-order valence-electron chi connectivity index (χ4n) is 2.59. The van der Waals surface area contributed by atoms with E-state index in [1.807, 2.05) is 18.2 Å². The van der Waals surface area contributed by atoms with E-state index in [-0.39, 0.29) is 18.1 Å². The number of benzene rings is 2. The first kappa shape index (κ1) is 22.9. The third-order valence-corrected chi connectivity index (χ3v) is 6.18. The van der Waals surface area contributed by atoms with E-state index in [0.717, 1.165) is 22.1 Å². The molecule has 7 nitrogen and oxygen atoms in total. The standard InChI is InChI=1S/C20H26N2O5S2/c1-26-17-9-10-19(27-2)18(13-17)22(29(3,24)25)14-20(23)21-11-12-28-15-16-7-5-4-6-8-16/h4-10,13H,11-12,14-15H2,1-3H3,(H,21,23). The maximum atomic E-state index is 12.4. The monoisotopic (exact) mass is 438 g/mol. The number of rotatable bonds is 11. The second-order valence-electron chi connectivity index (χ2n) is 6.20. The third kappa shape index (κ3) is 7.17. The van der Waals surface area contributed by atoms with Gasteiger partial charge in [0.1, 0.15) is 18.0 Å². The van der Waals surface area contributed by atoms with E-state index in [0.29, 0.717) is 18.0 Å². The van der Waals surface area contributed by atoms with Crippen molar-refractivity contribution in [2.24, 2.45) is 0 Å². The van der Waals surface area contributed by atoms with Gasteiger partial charge in [-0.2, -0.15) is 11.8 Å². The van der Waals surface area contributed by atoms with Gasteiger partial charge in [-0.3, -0.25) is 9.10 Å². The van der Waals surface area contributed by atoms with Crippen molar-refractivity contribution in [2.45, 2.75) is 5.75 Å². The number of carbonyl (C=O) groups is 1.